The van der Waals surface area contributed by atoms with Gasteiger partial charge in [-0.05, 0) is 25.0 Å². The number of hydrogen-bond donors (Lipinski definition) is 0. The molecule has 2 heterocycles. The molecule has 2 aromatic rings. The Morgan fingerprint density at radius 1 is 0.852 bits per heavy atom. The summed E-state index contributed by atoms with van der Waals surface area (Å²) in [5.41, 5.74) is 2.24. The molecule has 1 unspecified atom stereocenters. The summed E-state index contributed by atoms with van der Waals surface area (Å²) < 4.78 is 30.1. The molecule has 0 aliphatic carbocycles. The minimum atomic E-state index is -0.667. The number of rotatable bonds is 7. The van der Waals surface area contributed by atoms with Crippen LogP contribution in [0, 0.1) is 0 Å². The predicted octanol–water partition coefficient (Wildman–Crippen LogP) is 3.67. The highest BCUT2D eigenvalue weighted by atomic mass is 16.8. The van der Waals surface area contributed by atoms with E-state index in [1.807, 2.05) is 74.5 Å². The number of ether oxygens (including phenoxy) is 5. The van der Waals surface area contributed by atoms with Crippen LogP contribution in [0.4, 0.5) is 0 Å². The molecule has 4 rings (SSSR count). The molecule has 2 aliphatic heterocycles. The van der Waals surface area contributed by atoms with Gasteiger partial charge in [0, 0.05) is 0 Å². The van der Waals surface area contributed by atoms with Gasteiger partial charge >= 0.3 is 0 Å². The van der Waals surface area contributed by atoms with Gasteiger partial charge in [-0.25, -0.2) is 0 Å². The van der Waals surface area contributed by atoms with Crippen molar-refractivity contribution in [3.8, 4) is 0 Å². The fourth-order valence-corrected chi connectivity index (χ4v) is 3.52. The summed E-state index contributed by atoms with van der Waals surface area (Å²) in [6.45, 7) is 5.24. The lowest BCUT2D eigenvalue weighted by Gasteiger charge is -2.26. The molecule has 0 saturated carbocycles. The zero-order valence-corrected chi connectivity index (χ0v) is 15.7. The molecule has 5 nitrogen and oxygen atoms in total. The molecule has 0 bridgehead atoms. The van der Waals surface area contributed by atoms with Gasteiger partial charge in [-0.15, -0.1) is 0 Å². The molecule has 0 spiro atoms. The quantitative estimate of drug-likeness (QED) is 0.744. The van der Waals surface area contributed by atoms with Crippen LogP contribution < -0.4 is 0 Å². The van der Waals surface area contributed by atoms with Crippen LogP contribution in [0.2, 0.25) is 0 Å². The molecule has 4 atom stereocenters. The van der Waals surface area contributed by atoms with Crippen LogP contribution in [-0.4, -0.2) is 37.0 Å². The molecule has 2 aromatic carbocycles. The van der Waals surface area contributed by atoms with E-state index in [4.69, 9.17) is 23.7 Å². The second kappa shape index (κ2) is 8.09. The van der Waals surface area contributed by atoms with Crippen molar-refractivity contribution in [3.05, 3.63) is 71.8 Å². The molecular formula is C22H26O5. The van der Waals surface area contributed by atoms with Gasteiger partial charge in [0.15, 0.2) is 12.1 Å². The van der Waals surface area contributed by atoms with Crippen molar-refractivity contribution in [1.82, 2.24) is 0 Å². The van der Waals surface area contributed by atoms with Crippen molar-refractivity contribution < 1.29 is 23.7 Å². The Labute approximate surface area is 160 Å². The lowest BCUT2D eigenvalue weighted by atomic mass is 10.1. The minimum absolute atomic E-state index is 0.233. The summed E-state index contributed by atoms with van der Waals surface area (Å²) in [5.74, 6) is -0.667. The molecule has 0 N–H and O–H groups in total. The summed E-state index contributed by atoms with van der Waals surface area (Å²) in [6, 6.07) is 20.2. The Bertz CT molecular complexity index is 718. The average molecular weight is 370 g/mol. The average Bonchev–Trinajstić information content (AvgIpc) is 3.13. The summed E-state index contributed by atoms with van der Waals surface area (Å²) >= 11 is 0. The van der Waals surface area contributed by atoms with Gasteiger partial charge in [0.05, 0.1) is 19.8 Å². The maximum absolute atomic E-state index is 6.20. The highest BCUT2D eigenvalue weighted by molar-refractivity contribution is 5.14. The van der Waals surface area contributed by atoms with Gasteiger partial charge < -0.3 is 23.7 Å². The molecule has 27 heavy (non-hydrogen) atoms. The van der Waals surface area contributed by atoms with E-state index in [2.05, 4.69) is 0 Å². The topological polar surface area (TPSA) is 46.2 Å². The van der Waals surface area contributed by atoms with Crippen LogP contribution in [0.3, 0.4) is 0 Å². The largest absolute Gasteiger partial charge is 0.374 e. The van der Waals surface area contributed by atoms with E-state index in [0.717, 1.165) is 11.1 Å². The lowest BCUT2D eigenvalue weighted by Crippen LogP contribution is -2.38. The highest BCUT2D eigenvalue weighted by Crippen LogP contribution is 2.39. The van der Waals surface area contributed by atoms with Gasteiger partial charge in [-0.1, -0.05) is 60.7 Å². The molecule has 2 aliphatic rings. The van der Waals surface area contributed by atoms with Gasteiger partial charge in [-0.3, -0.25) is 0 Å². The molecule has 2 saturated heterocycles. The Morgan fingerprint density at radius 2 is 1.48 bits per heavy atom. The van der Waals surface area contributed by atoms with Crippen molar-refractivity contribution in [2.75, 3.05) is 6.61 Å². The normalized spacial score (nSPS) is 29.0. The second-order valence-corrected chi connectivity index (χ2v) is 7.41. The van der Waals surface area contributed by atoms with Crippen LogP contribution in [0.15, 0.2) is 60.7 Å². The first-order valence-corrected chi connectivity index (χ1v) is 9.39. The molecule has 144 valence electrons. The first kappa shape index (κ1) is 18.6. The van der Waals surface area contributed by atoms with Crippen LogP contribution >= 0.6 is 0 Å². The fraction of sp³-hybridized carbons (Fsp3) is 0.455. The number of benzene rings is 2. The summed E-state index contributed by atoms with van der Waals surface area (Å²) in [7, 11) is 0. The fourth-order valence-electron chi connectivity index (χ4n) is 3.52. The Kier molecular flexibility index (Phi) is 5.57. The molecular weight excluding hydrogens is 344 g/mol. The molecule has 0 aromatic heterocycles. The summed E-state index contributed by atoms with van der Waals surface area (Å²) in [4.78, 5) is 0. The van der Waals surface area contributed by atoms with E-state index in [1.165, 1.54) is 0 Å². The standard InChI is InChI=1S/C22H26O5/c1-22(2)26-20-19(24-14-17-11-7-4-8-12-17)18(25-21(20)27-22)15-23-13-16-9-5-3-6-10-16/h3-12,18-21H,13-15H2,1-2H3/t18-,19+,20?,21+/m1/s1. The van der Waals surface area contributed by atoms with E-state index >= 15 is 0 Å². The third-order valence-electron chi connectivity index (χ3n) is 4.77. The van der Waals surface area contributed by atoms with Crippen molar-refractivity contribution >= 4 is 0 Å². The van der Waals surface area contributed by atoms with Crippen molar-refractivity contribution in [2.24, 2.45) is 0 Å². The second-order valence-electron chi connectivity index (χ2n) is 7.41. The predicted molar refractivity (Wildman–Crippen MR) is 99.8 cm³/mol. The van der Waals surface area contributed by atoms with Gasteiger partial charge in [-0.2, -0.15) is 0 Å². The Hall–Kier alpha value is -1.76. The van der Waals surface area contributed by atoms with Gasteiger partial charge in [0.1, 0.15) is 18.3 Å². The van der Waals surface area contributed by atoms with Crippen LogP contribution in [-0.2, 0) is 36.9 Å². The summed E-state index contributed by atoms with van der Waals surface area (Å²) in [6.07, 6.45) is -1.16. The SMILES string of the molecule is CC1(C)OC2[C@@H](O[C@H](COCc3ccccc3)[C@@H]2OCc2ccccc2)O1. The van der Waals surface area contributed by atoms with Gasteiger partial charge in [0.2, 0.25) is 0 Å². The van der Waals surface area contributed by atoms with E-state index in [9.17, 15) is 0 Å². The Balaban J connectivity index is 1.38. The zero-order valence-electron chi connectivity index (χ0n) is 15.7. The van der Waals surface area contributed by atoms with Crippen molar-refractivity contribution in [3.63, 3.8) is 0 Å². The Morgan fingerprint density at radius 3 is 2.15 bits per heavy atom. The minimum Gasteiger partial charge on any atom is -0.374 e. The molecule has 5 heteroatoms. The third kappa shape index (κ3) is 4.57. The molecule has 0 amide bonds. The smallest absolute Gasteiger partial charge is 0.190 e. The molecule has 0 radical (unpaired) electrons. The van der Waals surface area contributed by atoms with E-state index in [-0.39, 0.29) is 18.3 Å². The first-order chi connectivity index (χ1) is 13.1. The summed E-state index contributed by atoms with van der Waals surface area (Å²) in [5, 5.41) is 0. The first-order valence-electron chi connectivity index (χ1n) is 9.39. The lowest BCUT2D eigenvalue weighted by molar-refractivity contribution is -0.225. The maximum atomic E-state index is 6.20. The van der Waals surface area contributed by atoms with Crippen LogP contribution in [0.25, 0.3) is 0 Å². The molecule has 2 fully saturated rings. The maximum Gasteiger partial charge on any atom is 0.190 e. The number of fused-ring (bicyclic) bond motifs is 1. The third-order valence-corrected chi connectivity index (χ3v) is 4.77. The number of hydrogen-bond acceptors (Lipinski definition) is 5. The zero-order chi connectivity index (χ0) is 18.7. The van der Waals surface area contributed by atoms with Crippen molar-refractivity contribution in [1.29, 1.82) is 0 Å². The van der Waals surface area contributed by atoms with Gasteiger partial charge in [0.25, 0.3) is 0 Å². The van der Waals surface area contributed by atoms with E-state index < -0.39 is 12.1 Å². The van der Waals surface area contributed by atoms with E-state index in [0.29, 0.717) is 19.8 Å². The van der Waals surface area contributed by atoms with Crippen LogP contribution in [0.5, 0.6) is 0 Å². The monoisotopic (exact) mass is 370 g/mol. The van der Waals surface area contributed by atoms with Crippen LogP contribution in [0.1, 0.15) is 25.0 Å². The van der Waals surface area contributed by atoms with E-state index in [1.54, 1.807) is 0 Å². The van der Waals surface area contributed by atoms with Crippen molar-refractivity contribution in [2.45, 2.75) is 57.5 Å². The highest BCUT2D eigenvalue weighted by Gasteiger charge is 2.55.